The van der Waals surface area contributed by atoms with E-state index in [1.165, 1.54) is 6.07 Å². The van der Waals surface area contributed by atoms with Crippen molar-refractivity contribution in [3.63, 3.8) is 0 Å². The van der Waals surface area contributed by atoms with E-state index in [0.717, 1.165) is 22.6 Å². The number of rotatable bonds is 4. The predicted octanol–water partition coefficient (Wildman–Crippen LogP) is 4.52. The Balaban J connectivity index is 2.12. The number of methoxy groups -OCH3 is 1. The van der Waals surface area contributed by atoms with Crippen LogP contribution in [0.4, 0.5) is 10.1 Å². The Hall–Kier alpha value is -1.55. The molecule has 0 aliphatic heterocycles. The second-order valence-corrected chi connectivity index (χ2v) is 5.04. The first-order chi connectivity index (χ1) is 9.11. The number of nitrogens with one attached hydrogen (secondary N) is 1. The van der Waals surface area contributed by atoms with E-state index in [1.54, 1.807) is 13.2 Å². The summed E-state index contributed by atoms with van der Waals surface area (Å²) in [7, 11) is 1.64. The molecule has 2 nitrogen and oxygen atoms in total. The maximum Gasteiger partial charge on any atom is 0.137 e. The molecule has 0 bridgehead atoms. The normalized spacial score (nSPS) is 10.3. The quantitative estimate of drug-likeness (QED) is 0.893. The Kier molecular flexibility index (Phi) is 4.43. The van der Waals surface area contributed by atoms with E-state index in [2.05, 4.69) is 21.2 Å². The maximum atomic E-state index is 13.4. The number of hydrogen-bond acceptors (Lipinski definition) is 2. The number of aryl methyl sites for hydroxylation is 1. The van der Waals surface area contributed by atoms with Gasteiger partial charge in [-0.25, -0.2) is 4.39 Å². The van der Waals surface area contributed by atoms with Gasteiger partial charge in [0.05, 0.1) is 11.6 Å². The molecule has 0 spiro atoms. The van der Waals surface area contributed by atoms with Crippen LogP contribution in [-0.2, 0) is 6.54 Å². The van der Waals surface area contributed by atoms with E-state index in [9.17, 15) is 4.39 Å². The fourth-order valence-corrected chi connectivity index (χ4v) is 2.24. The third-order valence-electron chi connectivity index (χ3n) is 2.93. The van der Waals surface area contributed by atoms with Crippen molar-refractivity contribution in [2.45, 2.75) is 13.5 Å². The molecule has 0 heterocycles. The Morgan fingerprint density at radius 3 is 2.74 bits per heavy atom. The van der Waals surface area contributed by atoms with E-state index in [1.807, 2.05) is 31.2 Å². The van der Waals surface area contributed by atoms with Crippen LogP contribution < -0.4 is 10.1 Å². The highest BCUT2D eigenvalue weighted by molar-refractivity contribution is 9.10. The highest BCUT2D eigenvalue weighted by atomic mass is 79.9. The molecule has 0 aromatic heterocycles. The highest BCUT2D eigenvalue weighted by Crippen LogP contribution is 2.24. The van der Waals surface area contributed by atoms with Gasteiger partial charge in [-0.05, 0) is 58.2 Å². The Bertz CT molecular complexity index is 586. The molecule has 0 radical (unpaired) electrons. The van der Waals surface area contributed by atoms with Crippen molar-refractivity contribution >= 4 is 21.6 Å². The highest BCUT2D eigenvalue weighted by Gasteiger charge is 2.06. The molecule has 0 fully saturated rings. The molecule has 19 heavy (non-hydrogen) atoms. The van der Waals surface area contributed by atoms with Gasteiger partial charge in [-0.1, -0.05) is 12.1 Å². The number of halogens is 2. The molecule has 0 aliphatic rings. The lowest BCUT2D eigenvalue weighted by molar-refractivity contribution is 0.414. The summed E-state index contributed by atoms with van der Waals surface area (Å²) in [6, 6.07) is 10.9. The van der Waals surface area contributed by atoms with Crippen LogP contribution >= 0.6 is 15.9 Å². The second-order valence-electron chi connectivity index (χ2n) is 4.25. The summed E-state index contributed by atoms with van der Waals surface area (Å²) in [5, 5.41) is 3.30. The van der Waals surface area contributed by atoms with Crippen molar-refractivity contribution in [2.24, 2.45) is 0 Å². The molecular weight excluding hydrogens is 309 g/mol. The lowest BCUT2D eigenvalue weighted by Gasteiger charge is -2.12. The van der Waals surface area contributed by atoms with Gasteiger partial charge in [0.25, 0.3) is 0 Å². The number of benzene rings is 2. The Morgan fingerprint density at radius 1 is 1.26 bits per heavy atom. The van der Waals surface area contributed by atoms with Crippen LogP contribution in [0.5, 0.6) is 5.75 Å². The standard InChI is InChI=1S/C15H15BrFNO/c1-10-8-12(19-2)6-7-14(10)18-9-11-4-3-5-13(17)15(11)16/h3-8,18H,9H2,1-2H3. The minimum Gasteiger partial charge on any atom is -0.497 e. The van der Waals surface area contributed by atoms with E-state index < -0.39 is 0 Å². The lowest BCUT2D eigenvalue weighted by atomic mass is 10.1. The number of hydrogen-bond donors (Lipinski definition) is 1. The Labute approximate surface area is 120 Å². The van der Waals surface area contributed by atoms with Crippen molar-refractivity contribution in [1.29, 1.82) is 0 Å². The van der Waals surface area contributed by atoms with Crippen LogP contribution in [0.1, 0.15) is 11.1 Å². The lowest BCUT2D eigenvalue weighted by Crippen LogP contribution is -2.02. The summed E-state index contributed by atoms with van der Waals surface area (Å²) in [6.45, 7) is 2.57. The summed E-state index contributed by atoms with van der Waals surface area (Å²) < 4.78 is 19.1. The van der Waals surface area contributed by atoms with E-state index in [-0.39, 0.29) is 5.82 Å². The Morgan fingerprint density at radius 2 is 2.05 bits per heavy atom. The zero-order valence-corrected chi connectivity index (χ0v) is 12.4. The summed E-state index contributed by atoms with van der Waals surface area (Å²) in [5.74, 6) is 0.584. The third kappa shape index (κ3) is 3.26. The summed E-state index contributed by atoms with van der Waals surface area (Å²) in [6.07, 6.45) is 0. The van der Waals surface area contributed by atoms with Crippen molar-refractivity contribution in [3.8, 4) is 5.75 Å². The van der Waals surface area contributed by atoms with Crippen molar-refractivity contribution in [2.75, 3.05) is 12.4 Å². The average molecular weight is 324 g/mol. The molecule has 0 unspecified atom stereocenters. The van der Waals surface area contributed by atoms with Gasteiger partial charge in [-0.15, -0.1) is 0 Å². The van der Waals surface area contributed by atoms with Crippen LogP contribution in [0.3, 0.4) is 0 Å². The molecule has 0 atom stereocenters. The summed E-state index contributed by atoms with van der Waals surface area (Å²) in [5.41, 5.74) is 2.99. The molecule has 0 aliphatic carbocycles. The van der Waals surface area contributed by atoms with Crippen LogP contribution in [0.15, 0.2) is 40.9 Å². The van der Waals surface area contributed by atoms with Gasteiger partial charge in [-0.3, -0.25) is 0 Å². The smallest absolute Gasteiger partial charge is 0.137 e. The molecular formula is C15H15BrFNO. The molecule has 0 saturated heterocycles. The van der Waals surface area contributed by atoms with Crippen LogP contribution in [-0.4, -0.2) is 7.11 Å². The van der Waals surface area contributed by atoms with Crippen LogP contribution in [0.2, 0.25) is 0 Å². The monoisotopic (exact) mass is 323 g/mol. The van der Waals surface area contributed by atoms with Gasteiger partial charge in [0.15, 0.2) is 0 Å². The van der Waals surface area contributed by atoms with Gasteiger partial charge >= 0.3 is 0 Å². The van der Waals surface area contributed by atoms with Crippen molar-refractivity contribution < 1.29 is 9.13 Å². The van der Waals surface area contributed by atoms with Crippen LogP contribution in [0, 0.1) is 12.7 Å². The minimum atomic E-state index is -0.245. The topological polar surface area (TPSA) is 21.3 Å². The maximum absolute atomic E-state index is 13.4. The first-order valence-corrected chi connectivity index (χ1v) is 6.72. The average Bonchev–Trinajstić information content (AvgIpc) is 2.41. The zero-order chi connectivity index (χ0) is 13.8. The zero-order valence-electron chi connectivity index (χ0n) is 10.8. The molecule has 2 aromatic carbocycles. The predicted molar refractivity (Wildman–Crippen MR) is 79.2 cm³/mol. The van der Waals surface area contributed by atoms with Gasteiger partial charge < -0.3 is 10.1 Å². The molecule has 0 amide bonds. The largest absolute Gasteiger partial charge is 0.497 e. The van der Waals surface area contributed by atoms with Gasteiger partial charge in [0, 0.05) is 12.2 Å². The van der Waals surface area contributed by atoms with E-state index in [0.29, 0.717) is 11.0 Å². The van der Waals surface area contributed by atoms with Crippen molar-refractivity contribution in [3.05, 3.63) is 57.8 Å². The first kappa shape index (κ1) is 13.9. The fraction of sp³-hybridized carbons (Fsp3) is 0.200. The third-order valence-corrected chi connectivity index (χ3v) is 3.82. The summed E-state index contributed by atoms with van der Waals surface area (Å²) >= 11 is 3.26. The minimum absolute atomic E-state index is 0.245. The number of ether oxygens (including phenoxy) is 1. The molecule has 2 rings (SSSR count). The molecule has 2 aromatic rings. The molecule has 1 N–H and O–H groups in total. The first-order valence-electron chi connectivity index (χ1n) is 5.93. The molecule has 0 saturated carbocycles. The van der Waals surface area contributed by atoms with Gasteiger partial charge in [-0.2, -0.15) is 0 Å². The van der Waals surface area contributed by atoms with Crippen molar-refractivity contribution in [1.82, 2.24) is 0 Å². The SMILES string of the molecule is COc1ccc(NCc2cccc(F)c2Br)c(C)c1. The van der Waals surface area contributed by atoms with E-state index in [4.69, 9.17) is 4.74 Å². The molecule has 4 heteroatoms. The number of anilines is 1. The van der Waals surface area contributed by atoms with Gasteiger partial charge in [0.2, 0.25) is 0 Å². The summed E-state index contributed by atoms with van der Waals surface area (Å²) in [4.78, 5) is 0. The fourth-order valence-electron chi connectivity index (χ4n) is 1.84. The van der Waals surface area contributed by atoms with Crippen LogP contribution in [0.25, 0.3) is 0 Å². The molecule has 100 valence electrons. The van der Waals surface area contributed by atoms with E-state index >= 15 is 0 Å². The van der Waals surface area contributed by atoms with Gasteiger partial charge in [0.1, 0.15) is 11.6 Å². The second kappa shape index (κ2) is 6.06.